The fraction of sp³-hybridized carbons (Fsp3) is 0.0667. The number of aryl methyl sites for hydroxylation is 1. The highest BCUT2D eigenvalue weighted by Gasteiger charge is 2.05. The highest BCUT2D eigenvalue weighted by molar-refractivity contribution is 7.22. The van der Waals surface area contributed by atoms with Crippen molar-refractivity contribution in [2.75, 3.05) is 0 Å². The number of aromatic nitrogens is 1. The molecule has 3 rings (SSSR count). The van der Waals surface area contributed by atoms with Crippen LogP contribution in [-0.4, -0.2) is 16.1 Å². The van der Waals surface area contributed by atoms with Crippen molar-refractivity contribution in [1.82, 2.24) is 4.98 Å². The average molecular weight is 297 g/mol. The Hall–Kier alpha value is -2.60. The van der Waals surface area contributed by atoms with E-state index >= 15 is 0 Å². The van der Waals surface area contributed by atoms with Crippen LogP contribution in [0.2, 0.25) is 0 Å². The van der Waals surface area contributed by atoms with E-state index in [1.165, 1.54) is 29.0 Å². The van der Waals surface area contributed by atoms with Crippen LogP contribution in [0.5, 0.6) is 0 Å². The predicted octanol–water partition coefficient (Wildman–Crippen LogP) is 4.26. The number of thiazole rings is 1. The number of hydrogen-bond donors (Lipinski definition) is 0. The standard InChI is InChI=1S/C15H11N3O2S/c1-10-5-6-13-14(7-10)21-15(17-13)16-9-11-3-2-4-12(8-11)18(19)20/h2-9H,1H3/b16-9+. The first-order valence-electron chi connectivity index (χ1n) is 6.27. The van der Waals surface area contributed by atoms with Crippen molar-refractivity contribution in [3.8, 4) is 0 Å². The van der Waals surface area contributed by atoms with Crippen LogP contribution < -0.4 is 0 Å². The predicted molar refractivity (Wildman–Crippen MR) is 84.7 cm³/mol. The topological polar surface area (TPSA) is 68.4 Å². The van der Waals surface area contributed by atoms with Gasteiger partial charge in [-0.05, 0) is 30.2 Å². The molecule has 0 amide bonds. The summed E-state index contributed by atoms with van der Waals surface area (Å²) >= 11 is 1.50. The molecule has 5 nitrogen and oxygen atoms in total. The zero-order valence-corrected chi connectivity index (χ0v) is 12.0. The molecule has 0 saturated carbocycles. The van der Waals surface area contributed by atoms with E-state index < -0.39 is 4.92 Å². The van der Waals surface area contributed by atoms with E-state index in [0.29, 0.717) is 10.7 Å². The molecule has 0 aliphatic heterocycles. The molecule has 104 valence electrons. The molecule has 0 N–H and O–H groups in total. The van der Waals surface area contributed by atoms with Crippen LogP contribution in [0.3, 0.4) is 0 Å². The van der Waals surface area contributed by atoms with Crippen molar-refractivity contribution < 1.29 is 4.92 Å². The van der Waals surface area contributed by atoms with Gasteiger partial charge in [0.15, 0.2) is 0 Å². The number of nitrogens with zero attached hydrogens (tertiary/aromatic N) is 3. The van der Waals surface area contributed by atoms with Crippen LogP contribution in [0.25, 0.3) is 10.2 Å². The lowest BCUT2D eigenvalue weighted by molar-refractivity contribution is -0.384. The largest absolute Gasteiger partial charge is 0.270 e. The summed E-state index contributed by atoms with van der Waals surface area (Å²) in [7, 11) is 0. The SMILES string of the molecule is Cc1ccc2nc(/N=C/c3cccc([N+](=O)[O-])c3)sc2c1. The quantitative estimate of drug-likeness (QED) is 0.412. The monoisotopic (exact) mass is 297 g/mol. The molecule has 6 heteroatoms. The van der Waals surface area contributed by atoms with Crippen LogP contribution in [0.15, 0.2) is 47.5 Å². The number of benzene rings is 2. The first kappa shape index (κ1) is 13.4. The molecule has 0 fully saturated rings. The van der Waals surface area contributed by atoms with Gasteiger partial charge in [0.2, 0.25) is 5.13 Å². The maximum Gasteiger partial charge on any atom is 0.270 e. The van der Waals surface area contributed by atoms with Crippen molar-refractivity contribution in [1.29, 1.82) is 0 Å². The van der Waals surface area contributed by atoms with E-state index in [1.54, 1.807) is 18.3 Å². The van der Waals surface area contributed by atoms with E-state index in [9.17, 15) is 10.1 Å². The minimum absolute atomic E-state index is 0.0545. The Morgan fingerprint density at radius 1 is 1.29 bits per heavy atom. The summed E-state index contributed by atoms with van der Waals surface area (Å²) in [5, 5.41) is 11.4. The summed E-state index contributed by atoms with van der Waals surface area (Å²) in [6.45, 7) is 2.03. The van der Waals surface area contributed by atoms with E-state index in [4.69, 9.17) is 0 Å². The number of nitro benzene ring substituents is 1. The van der Waals surface area contributed by atoms with Crippen LogP contribution in [-0.2, 0) is 0 Å². The van der Waals surface area contributed by atoms with Gasteiger partial charge in [-0.1, -0.05) is 29.5 Å². The molecule has 0 aliphatic carbocycles. The van der Waals surface area contributed by atoms with Gasteiger partial charge in [0.25, 0.3) is 5.69 Å². The van der Waals surface area contributed by atoms with Crippen LogP contribution >= 0.6 is 11.3 Å². The number of nitro groups is 1. The fourth-order valence-electron chi connectivity index (χ4n) is 1.92. The highest BCUT2D eigenvalue weighted by atomic mass is 32.1. The lowest BCUT2D eigenvalue weighted by atomic mass is 10.2. The molecule has 0 aliphatic rings. The number of fused-ring (bicyclic) bond motifs is 1. The molecular formula is C15H11N3O2S. The lowest BCUT2D eigenvalue weighted by Crippen LogP contribution is -1.89. The molecular weight excluding hydrogens is 286 g/mol. The molecule has 3 aromatic rings. The Balaban J connectivity index is 1.90. The summed E-state index contributed by atoms with van der Waals surface area (Å²) in [6, 6.07) is 12.4. The van der Waals surface area contributed by atoms with E-state index in [0.717, 1.165) is 10.2 Å². The van der Waals surface area contributed by atoms with Crippen molar-refractivity contribution in [2.45, 2.75) is 6.92 Å². The Morgan fingerprint density at radius 3 is 2.95 bits per heavy atom. The summed E-state index contributed by atoms with van der Waals surface area (Å²) in [4.78, 5) is 19.0. The highest BCUT2D eigenvalue weighted by Crippen LogP contribution is 2.28. The van der Waals surface area contributed by atoms with Gasteiger partial charge in [-0.2, -0.15) is 0 Å². The third-order valence-electron chi connectivity index (χ3n) is 2.94. The minimum Gasteiger partial charge on any atom is -0.258 e. The van der Waals surface area contributed by atoms with Gasteiger partial charge >= 0.3 is 0 Å². The van der Waals surface area contributed by atoms with Gasteiger partial charge in [0.05, 0.1) is 15.1 Å². The van der Waals surface area contributed by atoms with E-state index in [1.807, 2.05) is 19.1 Å². The third kappa shape index (κ3) is 2.95. The van der Waals surface area contributed by atoms with Gasteiger partial charge in [-0.3, -0.25) is 10.1 Å². The normalized spacial score (nSPS) is 11.3. The molecule has 1 heterocycles. The Kier molecular flexibility index (Phi) is 3.45. The van der Waals surface area contributed by atoms with Crippen LogP contribution in [0.4, 0.5) is 10.8 Å². The smallest absolute Gasteiger partial charge is 0.258 e. The number of rotatable bonds is 3. The van der Waals surface area contributed by atoms with Gasteiger partial charge in [0, 0.05) is 18.3 Å². The van der Waals surface area contributed by atoms with Gasteiger partial charge < -0.3 is 0 Å². The molecule has 0 saturated heterocycles. The zero-order chi connectivity index (χ0) is 14.8. The van der Waals surface area contributed by atoms with Crippen molar-refractivity contribution >= 4 is 38.6 Å². The van der Waals surface area contributed by atoms with Gasteiger partial charge in [-0.25, -0.2) is 9.98 Å². The van der Waals surface area contributed by atoms with E-state index in [2.05, 4.69) is 16.0 Å². The van der Waals surface area contributed by atoms with Crippen molar-refractivity contribution in [2.24, 2.45) is 4.99 Å². The van der Waals surface area contributed by atoms with Gasteiger partial charge in [-0.15, -0.1) is 0 Å². The molecule has 0 bridgehead atoms. The Labute approximate surface area is 124 Å². The second-order valence-electron chi connectivity index (χ2n) is 4.58. The molecule has 2 aromatic carbocycles. The fourth-order valence-corrected chi connectivity index (χ4v) is 2.83. The summed E-state index contributed by atoms with van der Waals surface area (Å²) in [5.41, 5.74) is 2.83. The summed E-state index contributed by atoms with van der Waals surface area (Å²) in [6.07, 6.45) is 1.59. The molecule has 1 aromatic heterocycles. The summed E-state index contributed by atoms with van der Waals surface area (Å²) < 4.78 is 1.08. The number of hydrogen-bond acceptors (Lipinski definition) is 5. The minimum atomic E-state index is -0.419. The number of non-ortho nitro benzene ring substituents is 1. The summed E-state index contributed by atoms with van der Waals surface area (Å²) in [5.74, 6) is 0. The molecule has 0 unspecified atom stereocenters. The Morgan fingerprint density at radius 2 is 2.14 bits per heavy atom. The number of aliphatic imine (C=N–C) groups is 1. The first-order chi connectivity index (χ1) is 10.1. The molecule has 0 spiro atoms. The first-order valence-corrected chi connectivity index (χ1v) is 7.09. The molecule has 21 heavy (non-hydrogen) atoms. The average Bonchev–Trinajstić information content (AvgIpc) is 2.87. The third-order valence-corrected chi connectivity index (χ3v) is 3.86. The zero-order valence-electron chi connectivity index (χ0n) is 11.2. The maximum atomic E-state index is 10.7. The lowest BCUT2D eigenvalue weighted by Gasteiger charge is -1.92. The maximum absolute atomic E-state index is 10.7. The van der Waals surface area contributed by atoms with Crippen molar-refractivity contribution in [3.05, 3.63) is 63.7 Å². The molecule has 0 atom stereocenters. The van der Waals surface area contributed by atoms with Gasteiger partial charge in [0.1, 0.15) is 0 Å². The van der Waals surface area contributed by atoms with Crippen LogP contribution in [0, 0.1) is 17.0 Å². The van der Waals surface area contributed by atoms with Crippen molar-refractivity contribution in [3.63, 3.8) is 0 Å². The molecule has 0 radical (unpaired) electrons. The Bertz CT molecular complexity index is 855. The van der Waals surface area contributed by atoms with E-state index in [-0.39, 0.29) is 5.69 Å². The second kappa shape index (κ2) is 5.41. The van der Waals surface area contributed by atoms with Crippen LogP contribution in [0.1, 0.15) is 11.1 Å². The second-order valence-corrected chi connectivity index (χ2v) is 5.59.